The van der Waals surface area contributed by atoms with Gasteiger partial charge in [-0.05, 0) is 23.8 Å². The summed E-state index contributed by atoms with van der Waals surface area (Å²) < 4.78 is 0. The normalized spacial score (nSPS) is 9.80. The smallest absolute Gasteiger partial charge is 0.253 e. The van der Waals surface area contributed by atoms with Crippen molar-refractivity contribution in [3.05, 3.63) is 60.2 Å². The van der Waals surface area contributed by atoms with Crippen molar-refractivity contribution >= 4 is 11.8 Å². The van der Waals surface area contributed by atoms with E-state index in [9.17, 15) is 9.59 Å². The van der Waals surface area contributed by atoms with Crippen molar-refractivity contribution in [1.82, 2.24) is 20.6 Å². The van der Waals surface area contributed by atoms with Crippen LogP contribution >= 0.6 is 0 Å². The van der Waals surface area contributed by atoms with Gasteiger partial charge in [0.05, 0.1) is 12.1 Å². The van der Waals surface area contributed by atoms with E-state index in [1.54, 1.807) is 36.8 Å². The fraction of sp³-hybridized carbons (Fsp3) is 0.143. The second kappa shape index (κ2) is 6.98. The predicted octanol–water partition coefficient (Wildman–Crippen LogP) is 0.523. The second-order valence-corrected chi connectivity index (χ2v) is 4.06. The quantitative estimate of drug-likeness (QED) is 0.829. The Morgan fingerprint density at radius 1 is 1.00 bits per heavy atom. The van der Waals surface area contributed by atoms with Gasteiger partial charge >= 0.3 is 0 Å². The zero-order valence-electron chi connectivity index (χ0n) is 10.7. The van der Waals surface area contributed by atoms with Gasteiger partial charge in [0.1, 0.15) is 0 Å². The first-order chi connectivity index (χ1) is 9.75. The van der Waals surface area contributed by atoms with Crippen molar-refractivity contribution in [2.45, 2.75) is 6.54 Å². The molecule has 2 aromatic rings. The van der Waals surface area contributed by atoms with Crippen LogP contribution < -0.4 is 10.6 Å². The van der Waals surface area contributed by atoms with Crippen LogP contribution in [0.5, 0.6) is 0 Å². The molecule has 0 spiro atoms. The Morgan fingerprint density at radius 2 is 1.75 bits per heavy atom. The fourth-order valence-electron chi connectivity index (χ4n) is 1.53. The minimum atomic E-state index is -0.324. The molecule has 0 aliphatic rings. The molecule has 0 radical (unpaired) electrons. The molecule has 2 rings (SSSR count). The average molecular weight is 270 g/mol. The van der Waals surface area contributed by atoms with Crippen LogP contribution in [0, 0.1) is 0 Å². The van der Waals surface area contributed by atoms with Crippen molar-refractivity contribution in [2.24, 2.45) is 0 Å². The summed E-state index contributed by atoms with van der Waals surface area (Å²) in [4.78, 5) is 31.1. The molecule has 0 aliphatic carbocycles. The minimum absolute atomic E-state index is 0.0754. The van der Waals surface area contributed by atoms with Crippen LogP contribution in [-0.2, 0) is 11.3 Å². The van der Waals surface area contributed by atoms with E-state index < -0.39 is 0 Å². The lowest BCUT2D eigenvalue weighted by molar-refractivity contribution is -0.120. The highest BCUT2D eigenvalue weighted by atomic mass is 16.2. The average Bonchev–Trinajstić information content (AvgIpc) is 2.52. The van der Waals surface area contributed by atoms with Gasteiger partial charge in [0.25, 0.3) is 5.91 Å². The van der Waals surface area contributed by atoms with Crippen LogP contribution in [-0.4, -0.2) is 28.3 Å². The highest BCUT2D eigenvalue weighted by molar-refractivity contribution is 5.96. The first-order valence-electron chi connectivity index (χ1n) is 6.09. The van der Waals surface area contributed by atoms with Crippen LogP contribution in [0.25, 0.3) is 0 Å². The third-order valence-corrected chi connectivity index (χ3v) is 2.55. The van der Waals surface area contributed by atoms with Crippen LogP contribution in [0.3, 0.4) is 0 Å². The third kappa shape index (κ3) is 4.16. The number of nitrogens with one attached hydrogen (secondary N) is 2. The first-order valence-corrected chi connectivity index (χ1v) is 6.09. The van der Waals surface area contributed by atoms with Crippen LogP contribution in [0.4, 0.5) is 0 Å². The largest absolute Gasteiger partial charge is 0.350 e. The number of aromatic nitrogens is 2. The van der Waals surface area contributed by atoms with Gasteiger partial charge in [-0.3, -0.25) is 19.6 Å². The molecule has 2 amide bonds. The summed E-state index contributed by atoms with van der Waals surface area (Å²) in [6, 6.07) is 6.96. The number of carbonyl (C=O) groups excluding carboxylic acids is 2. The van der Waals surface area contributed by atoms with Crippen molar-refractivity contribution < 1.29 is 9.59 Å². The molecule has 2 N–H and O–H groups in total. The lowest BCUT2D eigenvalue weighted by Gasteiger charge is -2.06. The molecule has 0 aliphatic heterocycles. The van der Waals surface area contributed by atoms with Crippen molar-refractivity contribution in [2.75, 3.05) is 6.54 Å². The molecule has 6 nitrogen and oxygen atoms in total. The Kier molecular flexibility index (Phi) is 4.77. The summed E-state index contributed by atoms with van der Waals surface area (Å²) in [7, 11) is 0. The predicted molar refractivity (Wildman–Crippen MR) is 72.7 cm³/mol. The summed E-state index contributed by atoms with van der Waals surface area (Å²) in [5, 5.41) is 5.22. The van der Waals surface area contributed by atoms with Gasteiger partial charge in [0, 0.05) is 31.3 Å². The third-order valence-electron chi connectivity index (χ3n) is 2.55. The highest BCUT2D eigenvalue weighted by Crippen LogP contribution is 1.95. The summed E-state index contributed by atoms with van der Waals surface area (Å²) in [5.41, 5.74) is 1.33. The number of nitrogens with zero attached hydrogens (tertiary/aromatic N) is 2. The molecule has 0 unspecified atom stereocenters. The van der Waals surface area contributed by atoms with E-state index in [1.807, 2.05) is 6.07 Å². The summed E-state index contributed by atoms with van der Waals surface area (Å²) >= 11 is 0. The van der Waals surface area contributed by atoms with E-state index in [-0.39, 0.29) is 18.4 Å². The van der Waals surface area contributed by atoms with Crippen LogP contribution in [0.15, 0.2) is 49.1 Å². The zero-order valence-corrected chi connectivity index (χ0v) is 10.7. The molecular formula is C14H14N4O2. The van der Waals surface area contributed by atoms with E-state index in [2.05, 4.69) is 20.6 Å². The molecule has 2 heterocycles. The lowest BCUT2D eigenvalue weighted by Crippen LogP contribution is -2.36. The Labute approximate surface area is 116 Å². The minimum Gasteiger partial charge on any atom is -0.350 e. The molecule has 20 heavy (non-hydrogen) atoms. The summed E-state index contributed by atoms with van der Waals surface area (Å²) in [6.45, 7) is 0.309. The van der Waals surface area contributed by atoms with Gasteiger partial charge < -0.3 is 10.6 Å². The number of rotatable bonds is 5. The standard InChI is InChI=1S/C14H14N4O2/c19-13(17-8-11-3-1-5-15-7-11)10-18-14(20)12-4-2-6-16-9-12/h1-7,9H,8,10H2,(H,17,19)(H,18,20). The number of carbonyl (C=O) groups is 2. The molecule has 102 valence electrons. The maximum absolute atomic E-state index is 11.7. The molecule has 6 heteroatoms. The topological polar surface area (TPSA) is 84.0 Å². The van der Waals surface area contributed by atoms with Gasteiger partial charge in [-0.2, -0.15) is 0 Å². The number of hydrogen-bond acceptors (Lipinski definition) is 4. The van der Waals surface area contributed by atoms with Crippen molar-refractivity contribution in [3.63, 3.8) is 0 Å². The van der Waals surface area contributed by atoms with Crippen molar-refractivity contribution in [3.8, 4) is 0 Å². The van der Waals surface area contributed by atoms with Crippen molar-refractivity contribution in [1.29, 1.82) is 0 Å². The Balaban J connectivity index is 1.74. The van der Waals surface area contributed by atoms with E-state index in [1.165, 1.54) is 6.20 Å². The highest BCUT2D eigenvalue weighted by Gasteiger charge is 2.07. The maximum atomic E-state index is 11.7. The maximum Gasteiger partial charge on any atom is 0.253 e. The fourth-order valence-corrected chi connectivity index (χ4v) is 1.53. The number of hydrogen-bond donors (Lipinski definition) is 2. The Hall–Kier alpha value is -2.76. The van der Waals surface area contributed by atoms with Crippen LogP contribution in [0.1, 0.15) is 15.9 Å². The molecule has 0 fully saturated rings. The van der Waals surface area contributed by atoms with E-state index in [4.69, 9.17) is 0 Å². The first kappa shape index (κ1) is 13.7. The lowest BCUT2D eigenvalue weighted by atomic mass is 10.2. The van der Waals surface area contributed by atoms with E-state index in [0.717, 1.165) is 5.56 Å². The van der Waals surface area contributed by atoms with Gasteiger partial charge in [0.15, 0.2) is 0 Å². The molecule has 0 saturated heterocycles. The number of amides is 2. The molecule has 0 aromatic carbocycles. The second-order valence-electron chi connectivity index (χ2n) is 4.06. The molecule has 0 atom stereocenters. The molecule has 2 aromatic heterocycles. The molecule has 0 bridgehead atoms. The monoisotopic (exact) mass is 270 g/mol. The van der Waals surface area contributed by atoms with Gasteiger partial charge in [-0.15, -0.1) is 0 Å². The van der Waals surface area contributed by atoms with E-state index >= 15 is 0 Å². The van der Waals surface area contributed by atoms with Gasteiger partial charge in [-0.1, -0.05) is 6.07 Å². The van der Waals surface area contributed by atoms with E-state index in [0.29, 0.717) is 12.1 Å². The number of pyridine rings is 2. The van der Waals surface area contributed by atoms with Gasteiger partial charge in [-0.25, -0.2) is 0 Å². The summed E-state index contributed by atoms with van der Waals surface area (Å²) in [6.07, 6.45) is 6.37. The summed E-state index contributed by atoms with van der Waals surface area (Å²) in [5.74, 6) is -0.583. The zero-order chi connectivity index (χ0) is 14.2. The SMILES string of the molecule is O=C(CNC(=O)c1cccnc1)NCc1cccnc1. The molecule has 0 saturated carbocycles. The van der Waals surface area contributed by atoms with Crippen LogP contribution in [0.2, 0.25) is 0 Å². The Morgan fingerprint density at radius 3 is 2.40 bits per heavy atom. The van der Waals surface area contributed by atoms with Gasteiger partial charge in [0.2, 0.25) is 5.91 Å². The molecular weight excluding hydrogens is 256 g/mol. The Bertz CT molecular complexity index is 572.